The Morgan fingerprint density at radius 2 is 1.76 bits per heavy atom. The fraction of sp³-hybridized carbons (Fsp3) is 1.00. The van der Waals surface area contributed by atoms with Crippen molar-refractivity contribution in [1.82, 2.24) is 5.32 Å². The van der Waals surface area contributed by atoms with Crippen molar-refractivity contribution in [3.8, 4) is 0 Å². The molecule has 1 N–H and O–H groups in total. The van der Waals surface area contributed by atoms with Gasteiger partial charge in [-0.1, -0.05) is 40.0 Å². The van der Waals surface area contributed by atoms with Gasteiger partial charge in [-0.3, -0.25) is 0 Å². The highest BCUT2D eigenvalue weighted by atomic mass is 16.5. The Morgan fingerprint density at radius 1 is 1.12 bits per heavy atom. The van der Waals surface area contributed by atoms with Crippen molar-refractivity contribution < 1.29 is 4.74 Å². The van der Waals surface area contributed by atoms with Crippen molar-refractivity contribution in [1.29, 1.82) is 0 Å². The van der Waals surface area contributed by atoms with E-state index in [1.54, 1.807) is 0 Å². The molecule has 102 valence electrons. The first-order chi connectivity index (χ1) is 8.14. The number of rotatable bonds is 7. The standard InChI is InChI=1S/C15H31NO/c1-5-16-14(10-9-13(2)3)15(17-4)11-7-6-8-12-15/h13-14,16H,5-12H2,1-4H3. The molecule has 0 amide bonds. The van der Waals surface area contributed by atoms with Gasteiger partial charge in [0.1, 0.15) is 0 Å². The van der Waals surface area contributed by atoms with Crippen LogP contribution in [0.1, 0.15) is 65.7 Å². The Bertz CT molecular complexity index is 197. The minimum atomic E-state index is 0.114. The number of nitrogens with one attached hydrogen (secondary N) is 1. The Kier molecular flexibility index (Phi) is 6.50. The van der Waals surface area contributed by atoms with E-state index in [1.165, 1.54) is 44.9 Å². The van der Waals surface area contributed by atoms with Gasteiger partial charge in [-0.15, -0.1) is 0 Å². The molecule has 0 spiro atoms. The maximum Gasteiger partial charge on any atom is 0.0830 e. The fourth-order valence-electron chi connectivity index (χ4n) is 3.14. The summed E-state index contributed by atoms with van der Waals surface area (Å²) in [6.45, 7) is 7.87. The Hall–Kier alpha value is -0.0800. The molecule has 1 atom stereocenters. The van der Waals surface area contributed by atoms with Gasteiger partial charge in [0, 0.05) is 13.2 Å². The first-order valence-corrected chi connectivity index (χ1v) is 7.43. The van der Waals surface area contributed by atoms with E-state index in [4.69, 9.17) is 4.74 Å². The lowest BCUT2D eigenvalue weighted by molar-refractivity contribution is -0.0698. The van der Waals surface area contributed by atoms with Crippen LogP contribution in [0.2, 0.25) is 0 Å². The van der Waals surface area contributed by atoms with Crippen molar-refractivity contribution in [3.05, 3.63) is 0 Å². The smallest absolute Gasteiger partial charge is 0.0830 e. The van der Waals surface area contributed by atoms with Crippen LogP contribution in [0.3, 0.4) is 0 Å². The van der Waals surface area contributed by atoms with Crippen LogP contribution in [0.15, 0.2) is 0 Å². The number of hydrogen-bond donors (Lipinski definition) is 1. The second-order valence-electron chi connectivity index (χ2n) is 5.91. The van der Waals surface area contributed by atoms with E-state index in [-0.39, 0.29) is 5.60 Å². The molecule has 0 aromatic carbocycles. The SMILES string of the molecule is CCNC(CCC(C)C)C1(OC)CCCCC1. The third-order valence-electron chi connectivity index (χ3n) is 4.22. The molecule has 1 fully saturated rings. The van der Waals surface area contributed by atoms with Gasteiger partial charge in [0.25, 0.3) is 0 Å². The fourth-order valence-corrected chi connectivity index (χ4v) is 3.14. The maximum absolute atomic E-state index is 5.96. The van der Waals surface area contributed by atoms with E-state index in [2.05, 4.69) is 26.1 Å². The minimum Gasteiger partial charge on any atom is -0.377 e. The van der Waals surface area contributed by atoms with Gasteiger partial charge < -0.3 is 10.1 Å². The van der Waals surface area contributed by atoms with Crippen LogP contribution in [0.5, 0.6) is 0 Å². The minimum absolute atomic E-state index is 0.114. The molecule has 17 heavy (non-hydrogen) atoms. The van der Waals surface area contributed by atoms with Crippen molar-refractivity contribution in [2.24, 2.45) is 5.92 Å². The van der Waals surface area contributed by atoms with Gasteiger partial charge >= 0.3 is 0 Å². The predicted molar refractivity (Wildman–Crippen MR) is 74.4 cm³/mol. The molecule has 1 saturated carbocycles. The average Bonchev–Trinajstić information content (AvgIpc) is 2.35. The molecule has 1 aliphatic carbocycles. The molecule has 0 aromatic heterocycles. The van der Waals surface area contributed by atoms with Crippen LogP contribution in [0.4, 0.5) is 0 Å². The second kappa shape index (κ2) is 7.38. The van der Waals surface area contributed by atoms with Crippen LogP contribution >= 0.6 is 0 Å². The summed E-state index contributed by atoms with van der Waals surface area (Å²) in [6.07, 6.45) is 9.06. The van der Waals surface area contributed by atoms with E-state index >= 15 is 0 Å². The first-order valence-electron chi connectivity index (χ1n) is 7.43. The zero-order valence-electron chi connectivity index (χ0n) is 12.2. The van der Waals surface area contributed by atoms with Gasteiger partial charge in [-0.2, -0.15) is 0 Å². The lowest BCUT2D eigenvalue weighted by Crippen LogP contribution is -2.53. The van der Waals surface area contributed by atoms with Crippen LogP contribution < -0.4 is 5.32 Å². The van der Waals surface area contributed by atoms with Crippen molar-refractivity contribution in [2.45, 2.75) is 77.4 Å². The van der Waals surface area contributed by atoms with Gasteiger partial charge in [-0.25, -0.2) is 0 Å². The summed E-state index contributed by atoms with van der Waals surface area (Å²) in [6, 6.07) is 0.542. The molecular formula is C15H31NO. The lowest BCUT2D eigenvalue weighted by atomic mass is 9.77. The van der Waals surface area contributed by atoms with Gasteiger partial charge in [0.05, 0.1) is 5.60 Å². The zero-order valence-corrected chi connectivity index (χ0v) is 12.2. The van der Waals surface area contributed by atoms with Crippen molar-refractivity contribution in [2.75, 3.05) is 13.7 Å². The summed E-state index contributed by atoms with van der Waals surface area (Å²) in [4.78, 5) is 0. The van der Waals surface area contributed by atoms with Crippen LogP contribution in [0, 0.1) is 5.92 Å². The quantitative estimate of drug-likeness (QED) is 0.733. The zero-order chi connectivity index (χ0) is 12.7. The van der Waals surface area contributed by atoms with E-state index in [1.807, 2.05) is 7.11 Å². The number of methoxy groups -OCH3 is 1. The van der Waals surface area contributed by atoms with Gasteiger partial charge in [-0.05, 0) is 38.1 Å². The monoisotopic (exact) mass is 241 g/mol. The van der Waals surface area contributed by atoms with E-state index in [0.29, 0.717) is 6.04 Å². The molecule has 1 unspecified atom stereocenters. The predicted octanol–water partition coefficient (Wildman–Crippen LogP) is 3.75. The Balaban J connectivity index is 2.63. The molecule has 1 aliphatic rings. The maximum atomic E-state index is 5.96. The third kappa shape index (κ3) is 4.26. The van der Waals surface area contributed by atoms with E-state index in [0.717, 1.165) is 12.5 Å². The largest absolute Gasteiger partial charge is 0.377 e. The summed E-state index contributed by atoms with van der Waals surface area (Å²) in [5.41, 5.74) is 0.114. The number of likely N-dealkylation sites (N-methyl/N-ethyl adjacent to an activating group) is 1. The molecule has 0 bridgehead atoms. The highest BCUT2D eigenvalue weighted by Gasteiger charge is 2.39. The highest BCUT2D eigenvalue weighted by molar-refractivity contribution is 4.95. The molecule has 0 aliphatic heterocycles. The van der Waals surface area contributed by atoms with E-state index in [9.17, 15) is 0 Å². The van der Waals surface area contributed by atoms with Crippen LogP contribution in [-0.4, -0.2) is 25.3 Å². The molecule has 0 saturated heterocycles. The first kappa shape index (κ1) is 15.0. The molecule has 0 heterocycles. The summed E-state index contributed by atoms with van der Waals surface area (Å²) >= 11 is 0. The highest BCUT2D eigenvalue weighted by Crippen LogP contribution is 2.36. The van der Waals surface area contributed by atoms with E-state index < -0.39 is 0 Å². The van der Waals surface area contributed by atoms with Crippen LogP contribution in [0.25, 0.3) is 0 Å². The van der Waals surface area contributed by atoms with Gasteiger partial charge in [0.15, 0.2) is 0 Å². The molecular weight excluding hydrogens is 210 g/mol. The summed E-state index contributed by atoms with van der Waals surface area (Å²) in [5, 5.41) is 3.67. The van der Waals surface area contributed by atoms with Gasteiger partial charge in [0.2, 0.25) is 0 Å². The molecule has 0 radical (unpaired) electrons. The molecule has 2 nitrogen and oxygen atoms in total. The molecule has 2 heteroatoms. The topological polar surface area (TPSA) is 21.3 Å². The van der Waals surface area contributed by atoms with Crippen molar-refractivity contribution >= 4 is 0 Å². The second-order valence-corrected chi connectivity index (χ2v) is 5.91. The Morgan fingerprint density at radius 3 is 2.24 bits per heavy atom. The van der Waals surface area contributed by atoms with Crippen LogP contribution in [-0.2, 0) is 4.74 Å². The normalized spacial score (nSPS) is 21.7. The number of hydrogen-bond acceptors (Lipinski definition) is 2. The summed E-state index contributed by atoms with van der Waals surface area (Å²) < 4.78 is 5.96. The lowest BCUT2D eigenvalue weighted by Gasteiger charge is -2.43. The average molecular weight is 241 g/mol. The summed E-state index contributed by atoms with van der Waals surface area (Å²) in [5.74, 6) is 0.786. The molecule has 0 aromatic rings. The third-order valence-corrected chi connectivity index (χ3v) is 4.22. The molecule has 1 rings (SSSR count). The summed E-state index contributed by atoms with van der Waals surface area (Å²) in [7, 11) is 1.91. The van der Waals surface area contributed by atoms with Crippen molar-refractivity contribution in [3.63, 3.8) is 0 Å². The Labute approximate surface area is 108 Å². The number of ether oxygens (including phenoxy) is 1.